The van der Waals surface area contributed by atoms with Crippen LogP contribution in [0.5, 0.6) is 0 Å². The van der Waals surface area contributed by atoms with Gasteiger partial charge in [-0.25, -0.2) is 0 Å². The summed E-state index contributed by atoms with van der Waals surface area (Å²) in [6.45, 7) is 8.50. The van der Waals surface area contributed by atoms with Gasteiger partial charge in [0, 0.05) is 25.2 Å². The second-order valence-corrected chi connectivity index (χ2v) is 12.1. The predicted octanol–water partition coefficient (Wildman–Crippen LogP) is 2.66. The highest BCUT2D eigenvalue weighted by Crippen LogP contribution is 2.11. The van der Waals surface area contributed by atoms with Gasteiger partial charge in [0.2, 0.25) is 23.6 Å². The molecule has 8 N–H and O–H groups in total. The molecule has 2 rings (SSSR count). The summed E-state index contributed by atoms with van der Waals surface area (Å²) in [7, 11) is 0. The maximum absolute atomic E-state index is 13.6. The fourth-order valence-electron chi connectivity index (χ4n) is 4.58. The Labute approximate surface area is 273 Å². The number of benzene rings is 2. The summed E-state index contributed by atoms with van der Waals surface area (Å²) >= 11 is 0. The Morgan fingerprint density at radius 1 is 0.783 bits per heavy atom. The monoisotopic (exact) mass is 633 g/mol. The Morgan fingerprint density at radius 2 is 1.39 bits per heavy atom. The van der Waals surface area contributed by atoms with Crippen molar-refractivity contribution in [1.29, 1.82) is 0 Å². The van der Waals surface area contributed by atoms with Gasteiger partial charge < -0.3 is 32.7 Å². The molecule has 2 aromatic carbocycles. The van der Waals surface area contributed by atoms with E-state index in [4.69, 9.17) is 11.5 Å². The Kier molecular flexibility index (Phi) is 16.6. The molecule has 250 valence electrons. The molecule has 0 saturated carbocycles. The minimum atomic E-state index is -0.892. The topological polar surface area (TPSA) is 181 Å². The number of hydrogen-bond acceptors (Lipinski definition) is 5. The fraction of sp³-hybridized carbons (Fsp3) is 0.457. The summed E-state index contributed by atoms with van der Waals surface area (Å²) in [5, 5.41) is 11.6. The molecule has 11 nitrogen and oxygen atoms in total. The van der Waals surface area contributed by atoms with E-state index in [2.05, 4.69) is 26.3 Å². The highest BCUT2D eigenvalue weighted by Gasteiger charge is 2.28. The number of aliphatic imine (C=N–C) groups is 1. The van der Waals surface area contributed by atoms with Crippen molar-refractivity contribution >= 4 is 35.7 Å². The molecule has 0 heterocycles. The number of nitrogens with two attached hydrogens (primary N) is 2. The van der Waals surface area contributed by atoms with Crippen molar-refractivity contribution in [1.82, 2.24) is 21.3 Å². The van der Waals surface area contributed by atoms with Crippen LogP contribution in [-0.2, 0) is 25.6 Å². The van der Waals surface area contributed by atoms with Crippen LogP contribution in [0.2, 0.25) is 0 Å². The number of carbonyl (C=O) groups excluding carboxylic acids is 4. The molecule has 0 saturated heterocycles. The SMILES string of the molecule is CC(C)CC[C@@H](NC(=O)[C@H](CCCN=C(N)N)NC(=O)Cc1ccccc1)C(=O)N[C@H](CNC(=O)C=Cc1ccccc1)C(C)C. The second kappa shape index (κ2) is 20.4. The molecular weight excluding hydrogens is 582 g/mol. The van der Waals surface area contributed by atoms with Gasteiger partial charge in [0.15, 0.2) is 5.96 Å². The lowest BCUT2D eigenvalue weighted by atomic mass is 10.00. The van der Waals surface area contributed by atoms with E-state index in [-0.39, 0.29) is 55.0 Å². The maximum Gasteiger partial charge on any atom is 0.244 e. The summed E-state index contributed by atoms with van der Waals surface area (Å²) in [4.78, 5) is 56.5. The summed E-state index contributed by atoms with van der Waals surface area (Å²) in [5.41, 5.74) is 12.6. The lowest BCUT2D eigenvalue weighted by molar-refractivity contribution is -0.132. The van der Waals surface area contributed by atoms with Crippen LogP contribution in [0.3, 0.4) is 0 Å². The summed E-state index contributed by atoms with van der Waals surface area (Å²) in [6.07, 6.45) is 5.11. The molecule has 0 unspecified atom stereocenters. The lowest BCUT2D eigenvalue weighted by Gasteiger charge is -2.28. The molecule has 46 heavy (non-hydrogen) atoms. The molecule has 2 aromatic rings. The molecule has 4 amide bonds. The third-order valence-corrected chi connectivity index (χ3v) is 7.33. The first-order valence-corrected chi connectivity index (χ1v) is 15.9. The minimum Gasteiger partial charge on any atom is -0.370 e. The molecular formula is C35H51N7O4. The van der Waals surface area contributed by atoms with Crippen molar-refractivity contribution in [2.75, 3.05) is 13.1 Å². The number of amides is 4. The molecule has 0 aliphatic carbocycles. The van der Waals surface area contributed by atoms with Gasteiger partial charge in [-0.3, -0.25) is 24.2 Å². The number of guanidine groups is 1. The Bertz CT molecular complexity index is 1290. The van der Waals surface area contributed by atoms with Crippen LogP contribution in [0.1, 0.15) is 64.5 Å². The van der Waals surface area contributed by atoms with E-state index in [0.29, 0.717) is 31.7 Å². The predicted molar refractivity (Wildman–Crippen MR) is 183 cm³/mol. The summed E-state index contributed by atoms with van der Waals surface area (Å²) in [5.74, 6) is -1.15. The van der Waals surface area contributed by atoms with Gasteiger partial charge in [0.1, 0.15) is 12.1 Å². The van der Waals surface area contributed by atoms with Gasteiger partial charge in [-0.05, 0) is 54.7 Å². The van der Waals surface area contributed by atoms with E-state index >= 15 is 0 Å². The zero-order valence-electron chi connectivity index (χ0n) is 27.5. The van der Waals surface area contributed by atoms with E-state index in [1.807, 2.05) is 88.4 Å². The fourth-order valence-corrected chi connectivity index (χ4v) is 4.58. The van der Waals surface area contributed by atoms with Crippen molar-refractivity contribution in [3.63, 3.8) is 0 Å². The van der Waals surface area contributed by atoms with Crippen molar-refractivity contribution in [3.8, 4) is 0 Å². The standard InChI is InChI=1S/C35H51N7O4/c1-24(2)17-19-29(34(46)42-30(25(3)4)23-39-31(43)20-18-26-12-7-5-8-13-26)41-33(45)28(16-11-21-38-35(36)37)40-32(44)22-27-14-9-6-10-15-27/h5-10,12-15,18,20,24-25,28-30H,11,16-17,19,21-23H2,1-4H3,(H,39,43)(H,40,44)(H,41,45)(H,42,46)(H4,36,37,38)/t28-,29+,30+/m0/s1. The van der Waals surface area contributed by atoms with Gasteiger partial charge in [-0.1, -0.05) is 88.4 Å². The van der Waals surface area contributed by atoms with Crippen molar-refractivity contribution in [3.05, 3.63) is 77.9 Å². The quantitative estimate of drug-likeness (QED) is 0.0599. The van der Waals surface area contributed by atoms with Crippen LogP contribution in [0.25, 0.3) is 6.08 Å². The second-order valence-electron chi connectivity index (χ2n) is 12.1. The van der Waals surface area contributed by atoms with E-state index < -0.39 is 18.0 Å². The molecule has 0 aliphatic heterocycles. The number of nitrogens with zero attached hydrogens (tertiary/aromatic N) is 1. The average molecular weight is 634 g/mol. The molecule has 3 atom stereocenters. The summed E-state index contributed by atoms with van der Waals surface area (Å²) in [6, 6.07) is 16.6. The van der Waals surface area contributed by atoms with Crippen LogP contribution in [0.15, 0.2) is 71.7 Å². The van der Waals surface area contributed by atoms with E-state index in [0.717, 1.165) is 11.1 Å². The molecule has 0 fully saturated rings. The molecule has 0 aliphatic rings. The first kappa shape index (κ1) is 37.5. The van der Waals surface area contributed by atoms with Gasteiger partial charge in [-0.15, -0.1) is 0 Å². The average Bonchev–Trinajstić information content (AvgIpc) is 3.02. The maximum atomic E-state index is 13.6. The van der Waals surface area contributed by atoms with Gasteiger partial charge in [-0.2, -0.15) is 0 Å². The molecule has 0 aromatic heterocycles. The first-order chi connectivity index (χ1) is 21.9. The third kappa shape index (κ3) is 15.4. The smallest absolute Gasteiger partial charge is 0.244 e. The Balaban J connectivity index is 2.11. The number of rotatable bonds is 19. The Morgan fingerprint density at radius 3 is 2.00 bits per heavy atom. The molecule has 0 bridgehead atoms. The largest absolute Gasteiger partial charge is 0.370 e. The van der Waals surface area contributed by atoms with Gasteiger partial charge in [0.25, 0.3) is 0 Å². The van der Waals surface area contributed by atoms with Crippen molar-refractivity contribution < 1.29 is 19.2 Å². The van der Waals surface area contributed by atoms with E-state index in [9.17, 15) is 19.2 Å². The lowest BCUT2D eigenvalue weighted by Crippen LogP contribution is -2.56. The highest BCUT2D eigenvalue weighted by atomic mass is 16.2. The van der Waals surface area contributed by atoms with E-state index in [1.54, 1.807) is 6.08 Å². The Hall–Kier alpha value is -4.67. The van der Waals surface area contributed by atoms with Gasteiger partial charge >= 0.3 is 0 Å². The summed E-state index contributed by atoms with van der Waals surface area (Å²) < 4.78 is 0. The first-order valence-electron chi connectivity index (χ1n) is 15.9. The van der Waals surface area contributed by atoms with Crippen molar-refractivity contribution in [2.24, 2.45) is 28.3 Å². The number of nitrogens with one attached hydrogen (secondary N) is 4. The van der Waals surface area contributed by atoms with Crippen LogP contribution < -0.4 is 32.7 Å². The molecule has 0 spiro atoms. The normalized spacial score (nSPS) is 13.1. The van der Waals surface area contributed by atoms with Crippen LogP contribution in [0, 0.1) is 11.8 Å². The van der Waals surface area contributed by atoms with Crippen LogP contribution >= 0.6 is 0 Å². The number of hydrogen-bond donors (Lipinski definition) is 6. The highest BCUT2D eigenvalue weighted by molar-refractivity contribution is 5.93. The van der Waals surface area contributed by atoms with E-state index in [1.165, 1.54) is 6.08 Å². The zero-order chi connectivity index (χ0) is 33.9. The van der Waals surface area contributed by atoms with Gasteiger partial charge in [0.05, 0.1) is 6.42 Å². The van der Waals surface area contributed by atoms with Crippen molar-refractivity contribution in [2.45, 2.75) is 77.9 Å². The molecule has 0 radical (unpaired) electrons. The number of carbonyl (C=O) groups is 4. The third-order valence-electron chi connectivity index (χ3n) is 7.33. The van der Waals surface area contributed by atoms with Crippen LogP contribution in [-0.4, -0.2) is 60.8 Å². The van der Waals surface area contributed by atoms with Crippen LogP contribution in [0.4, 0.5) is 0 Å². The zero-order valence-corrected chi connectivity index (χ0v) is 27.5. The minimum absolute atomic E-state index is 0.00404. The molecule has 11 heteroatoms.